The number of hydrogen-bond acceptors (Lipinski definition) is 9. The first kappa shape index (κ1) is 27.6. The minimum absolute atomic E-state index is 0.0945. The first-order valence-electron chi connectivity index (χ1n) is 13.8. The summed E-state index contributed by atoms with van der Waals surface area (Å²) in [5.74, 6) is 1.38. The molecule has 3 N–H and O–H groups in total. The standard InChI is InChI=1S/C27H36N8O5/c1-2-15-40-27(38)34-10-7-21(8-11-34)35-25-22(18-29-35)24(33-12-16-39-17-13-33)31-23(32-25)19-3-5-20(6-4-19)30-26(37)28-9-14-36/h3-6,18,21,36H,2,7-17H2,1H3,(H2,28,30,37). The lowest BCUT2D eigenvalue weighted by Crippen LogP contribution is -2.39. The number of aliphatic hydroxyl groups excluding tert-OH is 1. The molecular weight excluding hydrogens is 516 g/mol. The Morgan fingerprint density at radius 3 is 2.55 bits per heavy atom. The second kappa shape index (κ2) is 12.9. The molecule has 0 aliphatic carbocycles. The number of amides is 3. The monoisotopic (exact) mass is 552 g/mol. The van der Waals surface area contributed by atoms with Crippen molar-refractivity contribution < 1.29 is 24.2 Å². The molecule has 2 fully saturated rings. The number of morpholine rings is 1. The van der Waals surface area contributed by atoms with Gasteiger partial charge in [0.1, 0.15) is 5.82 Å². The van der Waals surface area contributed by atoms with E-state index in [0.717, 1.165) is 54.8 Å². The van der Waals surface area contributed by atoms with Gasteiger partial charge in [0.15, 0.2) is 11.5 Å². The Balaban J connectivity index is 1.41. The molecule has 0 saturated carbocycles. The van der Waals surface area contributed by atoms with E-state index in [0.29, 0.717) is 44.4 Å². The maximum absolute atomic E-state index is 12.3. The van der Waals surface area contributed by atoms with E-state index in [1.807, 2.05) is 29.9 Å². The first-order chi connectivity index (χ1) is 19.6. The average molecular weight is 553 g/mol. The van der Waals surface area contributed by atoms with E-state index >= 15 is 0 Å². The zero-order chi connectivity index (χ0) is 27.9. The molecule has 3 amide bonds. The molecule has 0 bridgehead atoms. The van der Waals surface area contributed by atoms with Gasteiger partial charge in [-0.2, -0.15) is 5.10 Å². The SMILES string of the molecule is CCCOC(=O)N1CCC(n2ncc3c(N4CCOCC4)nc(-c4ccc(NC(=O)NCCO)cc4)nc32)CC1. The number of aliphatic hydroxyl groups is 1. The molecule has 13 heteroatoms. The smallest absolute Gasteiger partial charge is 0.409 e. The van der Waals surface area contributed by atoms with Gasteiger partial charge in [-0.05, 0) is 43.5 Å². The number of benzene rings is 1. The molecule has 2 aromatic heterocycles. The molecule has 0 spiro atoms. The number of ether oxygens (including phenoxy) is 2. The number of carbonyl (C=O) groups excluding carboxylic acids is 2. The van der Waals surface area contributed by atoms with E-state index < -0.39 is 0 Å². The van der Waals surface area contributed by atoms with Gasteiger partial charge in [-0.15, -0.1) is 0 Å². The lowest BCUT2D eigenvalue weighted by atomic mass is 10.1. The summed E-state index contributed by atoms with van der Waals surface area (Å²) in [4.78, 5) is 38.1. The Bertz CT molecular complexity index is 1300. The van der Waals surface area contributed by atoms with E-state index in [1.165, 1.54) is 0 Å². The Morgan fingerprint density at radius 2 is 1.85 bits per heavy atom. The average Bonchev–Trinajstić information content (AvgIpc) is 3.43. The van der Waals surface area contributed by atoms with Gasteiger partial charge in [-0.25, -0.2) is 24.2 Å². The lowest BCUT2D eigenvalue weighted by Gasteiger charge is -2.31. The third kappa shape index (κ3) is 6.26. The van der Waals surface area contributed by atoms with Crippen molar-refractivity contribution in [2.45, 2.75) is 32.2 Å². The fraction of sp³-hybridized carbons (Fsp3) is 0.519. The molecule has 2 aliphatic heterocycles. The normalized spacial score (nSPS) is 16.2. The predicted molar refractivity (Wildman–Crippen MR) is 149 cm³/mol. The highest BCUT2D eigenvalue weighted by Crippen LogP contribution is 2.32. The highest BCUT2D eigenvalue weighted by Gasteiger charge is 2.28. The van der Waals surface area contributed by atoms with Crippen LogP contribution in [0.15, 0.2) is 30.5 Å². The van der Waals surface area contributed by atoms with Crippen LogP contribution in [-0.4, -0.2) is 101 Å². The molecular formula is C27H36N8O5. The highest BCUT2D eigenvalue weighted by atomic mass is 16.6. The Labute approximate surface area is 232 Å². The Morgan fingerprint density at radius 1 is 1.10 bits per heavy atom. The molecule has 0 atom stereocenters. The van der Waals surface area contributed by atoms with Crippen molar-refractivity contribution in [3.05, 3.63) is 30.5 Å². The van der Waals surface area contributed by atoms with Crippen LogP contribution in [0.3, 0.4) is 0 Å². The summed E-state index contributed by atoms with van der Waals surface area (Å²) in [6.07, 6.45) is 3.89. The molecule has 2 saturated heterocycles. The van der Waals surface area contributed by atoms with Gasteiger partial charge in [0.05, 0.1) is 44.1 Å². The zero-order valence-corrected chi connectivity index (χ0v) is 22.7. The maximum atomic E-state index is 12.3. The fourth-order valence-electron chi connectivity index (χ4n) is 4.94. The van der Waals surface area contributed by atoms with E-state index in [9.17, 15) is 9.59 Å². The van der Waals surface area contributed by atoms with Gasteiger partial charge < -0.3 is 35.0 Å². The quantitative estimate of drug-likeness (QED) is 0.384. The van der Waals surface area contributed by atoms with Crippen LogP contribution in [0.4, 0.5) is 21.1 Å². The van der Waals surface area contributed by atoms with Gasteiger partial charge in [0.2, 0.25) is 0 Å². The van der Waals surface area contributed by atoms with E-state index in [-0.39, 0.29) is 31.3 Å². The van der Waals surface area contributed by atoms with Gasteiger partial charge in [-0.1, -0.05) is 6.92 Å². The highest BCUT2D eigenvalue weighted by molar-refractivity contribution is 5.90. The molecule has 13 nitrogen and oxygen atoms in total. The van der Waals surface area contributed by atoms with Crippen LogP contribution in [0.5, 0.6) is 0 Å². The second-order valence-corrected chi connectivity index (χ2v) is 9.81. The van der Waals surface area contributed by atoms with Crippen molar-refractivity contribution in [2.24, 2.45) is 0 Å². The molecule has 2 aliphatic rings. The van der Waals surface area contributed by atoms with E-state index in [2.05, 4.69) is 15.5 Å². The van der Waals surface area contributed by atoms with Crippen LogP contribution in [0.25, 0.3) is 22.4 Å². The van der Waals surface area contributed by atoms with Crippen LogP contribution >= 0.6 is 0 Å². The summed E-state index contributed by atoms with van der Waals surface area (Å²) >= 11 is 0. The Hall–Kier alpha value is -3.97. The van der Waals surface area contributed by atoms with Crippen LogP contribution < -0.4 is 15.5 Å². The van der Waals surface area contributed by atoms with Crippen LogP contribution in [0.2, 0.25) is 0 Å². The molecule has 214 valence electrons. The van der Waals surface area contributed by atoms with Gasteiger partial charge in [-0.3, -0.25) is 0 Å². The number of aromatic nitrogens is 4. The summed E-state index contributed by atoms with van der Waals surface area (Å²) in [5, 5.41) is 19.8. The number of fused-ring (bicyclic) bond motifs is 1. The summed E-state index contributed by atoms with van der Waals surface area (Å²) < 4.78 is 12.9. The summed E-state index contributed by atoms with van der Waals surface area (Å²) in [7, 11) is 0. The lowest BCUT2D eigenvalue weighted by molar-refractivity contribution is 0.0879. The van der Waals surface area contributed by atoms with Crippen LogP contribution in [0.1, 0.15) is 32.2 Å². The topological polar surface area (TPSA) is 147 Å². The number of likely N-dealkylation sites (tertiary alicyclic amines) is 1. The second-order valence-electron chi connectivity index (χ2n) is 9.81. The molecule has 4 heterocycles. The van der Waals surface area contributed by atoms with Crippen LogP contribution in [-0.2, 0) is 9.47 Å². The largest absolute Gasteiger partial charge is 0.449 e. The Kier molecular flexibility index (Phi) is 8.91. The maximum Gasteiger partial charge on any atom is 0.409 e. The summed E-state index contributed by atoms with van der Waals surface area (Å²) in [6, 6.07) is 7.03. The van der Waals surface area contributed by atoms with Crippen molar-refractivity contribution in [3.63, 3.8) is 0 Å². The van der Waals surface area contributed by atoms with E-state index in [4.69, 9.17) is 29.6 Å². The molecule has 1 aromatic carbocycles. The van der Waals surface area contributed by atoms with Crippen LogP contribution in [0, 0.1) is 0 Å². The number of hydrogen-bond donors (Lipinski definition) is 3. The van der Waals surface area contributed by atoms with Crippen molar-refractivity contribution >= 4 is 34.7 Å². The number of urea groups is 1. The zero-order valence-electron chi connectivity index (χ0n) is 22.7. The van der Waals surface area contributed by atoms with Crippen molar-refractivity contribution in [2.75, 3.05) is 69.4 Å². The number of piperidine rings is 1. The van der Waals surface area contributed by atoms with Gasteiger partial charge in [0.25, 0.3) is 0 Å². The molecule has 3 aromatic rings. The molecule has 0 unspecified atom stereocenters. The predicted octanol–water partition coefficient (Wildman–Crippen LogP) is 2.63. The van der Waals surface area contributed by atoms with Gasteiger partial charge >= 0.3 is 12.1 Å². The number of rotatable bonds is 8. The summed E-state index contributed by atoms with van der Waals surface area (Å²) in [5.41, 5.74) is 2.17. The molecule has 0 radical (unpaired) electrons. The van der Waals surface area contributed by atoms with E-state index in [1.54, 1.807) is 17.0 Å². The third-order valence-corrected chi connectivity index (χ3v) is 7.04. The number of carbonyl (C=O) groups is 2. The first-order valence-corrected chi connectivity index (χ1v) is 13.8. The molecule has 40 heavy (non-hydrogen) atoms. The molecule has 5 rings (SSSR count). The summed E-state index contributed by atoms with van der Waals surface area (Å²) in [6.45, 7) is 6.36. The number of anilines is 2. The van der Waals surface area contributed by atoms with Crippen molar-refractivity contribution in [3.8, 4) is 11.4 Å². The van der Waals surface area contributed by atoms with Crippen molar-refractivity contribution in [1.29, 1.82) is 0 Å². The van der Waals surface area contributed by atoms with Crippen molar-refractivity contribution in [1.82, 2.24) is 30.0 Å². The fourth-order valence-corrected chi connectivity index (χ4v) is 4.94. The minimum atomic E-state index is -0.386. The minimum Gasteiger partial charge on any atom is -0.449 e. The number of nitrogens with zero attached hydrogens (tertiary/aromatic N) is 6. The third-order valence-electron chi connectivity index (χ3n) is 7.04. The van der Waals surface area contributed by atoms with Gasteiger partial charge in [0, 0.05) is 44.0 Å². The number of nitrogens with one attached hydrogen (secondary N) is 2.